The minimum Gasteiger partial charge on any atom is -0.465 e. The molecule has 1 saturated heterocycles. The molecular formula is C12H17N3O3S2. The average molecular weight is 315 g/mol. The number of nitrogens with two attached hydrogens (primary N) is 2. The number of hydrogen-bond donors (Lipinski definition) is 2. The first kappa shape index (κ1) is 15.0. The number of hydrogen-bond acceptors (Lipinski definition) is 7. The Balaban J connectivity index is 2.47. The topological polar surface area (TPSA) is 98.6 Å². The zero-order valence-corrected chi connectivity index (χ0v) is 13.0. The van der Waals surface area contributed by atoms with Crippen LogP contribution < -0.4 is 16.4 Å². The summed E-state index contributed by atoms with van der Waals surface area (Å²) in [5.41, 5.74) is 11.6. The molecular weight excluding hydrogens is 298 g/mol. The lowest BCUT2D eigenvalue weighted by Gasteiger charge is -2.31. The molecule has 1 aromatic rings. The fourth-order valence-electron chi connectivity index (χ4n) is 2.14. The highest BCUT2D eigenvalue weighted by molar-refractivity contribution is 8.00. The summed E-state index contributed by atoms with van der Waals surface area (Å²) < 4.78 is 4.77. The Hall–Kier alpha value is -1.41. The smallest absolute Gasteiger partial charge is 0.343 e. The van der Waals surface area contributed by atoms with Crippen molar-refractivity contribution >= 4 is 45.7 Å². The van der Waals surface area contributed by atoms with E-state index in [-0.39, 0.29) is 16.1 Å². The van der Waals surface area contributed by atoms with E-state index in [4.69, 9.17) is 16.2 Å². The fraction of sp³-hybridized carbons (Fsp3) is 0.500. The first-order valence-corrected chi connectivity index (χ1v) is 7.99. The minimum atomic E-state index is -0.622. The summed E-state index contributed by atoms with van der Waals surface area (Å²) in [4.78, 5) is 25.6. The first-order valence-electron chi connectivity index (χ1n) is 6.12. The van der Waals surface area contributed by atoms with Crippen molar-refractivity contribution < 1.29 is 14.3 Å². The van der Waals surface area contributed by atoms with E-state index < -0.39 is 11.9 Å². The predicted octanol–water partition coefficient (Wildman–Crippen LogP) is 1.16. The number of nitrogens with zero attached hydrogens (tertiary/aromatic N) is 1. The van der Waals surface area contributed by atoms with Crippen LogP contribution >= 0.6 is 23.1 Å². The molecule has 20 heavy (non-hydrogen) atoms. The maximum absolute atomic E-state index is 11.9. The Morgan fingerprint density at radius 3 is 2.70 bits per heavy atom. The van der Waals surface area contributed by atoms with Crippen LogP contribution in [-0.2, 0) is 4.74 Å². The maximum atomic E-state index is 11.9. The van der Waals surface area contributed by atoms with Gasteiger partial charge in [0, 0.05) is 24.1 Å². The van der Waals surface area contributed by atoms with Crippen molar-refractivity contribution in [3.63, 3.8) is 0 Å². The molecule has 2 heterocycles. The molecule has 2 rings (SSSR count). The number of ether oxygens (including phenoxy) is 1. The van der Waals surface area contributed by atoms with Crippen LogP contribution in [-0.4, -0.2) is 43.1 Å². The lowest BCUT2D eigenvalue weighted by atomic mass is 10.2. The highest BCUT2D eigenvalue weighted by Gasteiger charge is 2.30. The van der Waals surface area contributed by atoms with Gasteiger partial charge in [-0.25, -0.2) is 4.79 Å². The summed E-state index contributed by atoms with van der Waals surface area (Å²) in [5.74, 6) is -0.193. The quantitative estimate of drug-likeness (QED) is 0.812. The second-order valence-electron chi connectivity index (χ2n) is 4.51. The Kier molecular flexibility index (Phi) is 4.44. The molecule has 0 bridgehead atoms. The lowest BCUT2D eigenvalue weighted by molar-refractivity contribution is 0.0603. The van der Waals surface area contributed by atoms with Gasteiger partial charge in [0.15, 0.2) is 0 Å². The van der Waals surface area contributed by atoms with Gasteiger partial charge in [0.25, 0.3) is 5.91 Å². The SMILES string of the molecule is COC(=O)c1c(N2CCSC(C)C2)sc(C(N)=O)c1N. The first-order chi connectivity index (χ1) is 9.45. The number of carbonyl (C=O) groups excluding carboxylic acids is 2. The van der Waals surface area contributed by atoms with Crippen molar-refractivity contribution in [2.75, 3.05) is 36.6 Å². The fourth-order valence-corrected chi connectivity index (χ4v) is 4.25. The van der Waals surface area contributed by atoms with Crippen LogP contribution in [0.2, 0.25) is 0 Å². The number of thioether (sulfide) groups is 1. The molecule has 0 radical (unpaired) electrons. The molecule has 1 aromatic heterocycles. The van der Waals surface area contributed by atoms with Gasteiger partial charge in [-0.3, -0.25) is 4.79 Å². The van der Waals surface area contributed by atoms with E-state index >= 15 is 0 Å². The van der Waals surface area contributed by atoms with E-state index in [2.05, 4.69) is 11.8 Å². The molecule has 1 amide bonds. The van der Waals surface area contributed by atoms with Crippen LogP contribution in [0.4, 0.5) is 10.7 Å². The molecule has 1 unspecified atom stereocenters. The third-order valence-electron chi connectivity index (χ3n) is 3.07. The summed E-state index contributed by atoms with van der Waals surface area (Å²) in [6.07, 6.45) is 0. The number of amides is 1. The highest BCUT2D eigenvalue weighted by Crippen LogP contribution is 2.40. The van der Waals surface area contributed by atoms with E-state index in [1.54, 1.807) is 0 Å². The standard InChI is InChI=1S/C12H17N3O3S2/c1-6-5-15(3-4-19-6)11-7(12(17)18-2)8(13)9(20-11)10(14)16/h6H,3-5,13H2,1-2H3,(H2,14,16). The van der Waals surface area contributed by atoms with Crippen LogP contribution in [0.3, 0.4) is 0 Å². The van der Waals surface area contributed by atoms with Crippen LogP contribution in [0.25, 0.3) is 0 Å². The Bertz CT molecular complexity index is 544. The number of primary amides is 1. The number of anilines is 2. The van der Waals surface area contributed by atoms with Gasteiger partial charge in [0.2, 0.25) is 0 Å². The molecule has 6 nitrogen and oxygen atoms in total. The molecule has 8 heteroatoms. The summed E-state index contributed by atoms with van der Waals surface area (Å²) in [5, 5.41) is 1.13. The zero-order valence-electron chi connectivity index (χ0n) is 11.3. The van der Waals surface area contributed by atoms with Crippen LogP contribution in [0.15, 0.2) is 0 Å². The van der Waals surface area contributed by atoms with Gasteiger partial charge in [-0.1, -0.05) is 6.92 Å². The van der Waals surface area contributed by atoms with Gasteiger partial charge >= 0.3 is 5.97 Å². The minimum absolute atomic E-state index is 0.121. The van der Waals surface area contributed by atoms with Gasteiger partial charge in [-0.05, 0) is 0 Å². The third-order valence-corrected chi connectivity index (χ3v) is 5.49. The van der Waals surface area contributed by atoms with Gasteiger partial charge in [0.05, 0.1) is 12.8 Å². The predicted molar refractivity (Wildman–Crippen MR) is 82.7 cm³/mol. The number of nitrogen functional groups attached to an aromatic ring is 1. The monoisotopic (exact) mass is 315 g/mol. The molecule has 0 aromatic carbocycles. The Morgan fingerprint density at radius 2 is 2.15 bits per heavy atom. The Morgan fingerprint density at radius 1 is 1.45 bits per heavy atom. The molecule has 110 valence electrons. The second kappa shape index (κ2) is 5.92. The number of esters is 1. The van der Waals surface area contributed by atoms with Crippen LogP contribution in [0.5, 0.6) is 0 Å². The average Bonchev–Trinajstić information content (AvgIpc) is 2.75. The second-order valence-corrected chi connectivity index (χ2v) is 7.05. The Labute approximate surface area is 125 Å². The molecule has 1 atom stereocenters. The van der Waals surface area contributed by atoms with Crippen LogP contribution in [0.1, 0.15) is 27.0 Å². The number of methoxy groups -OCH3 is 1. The van der Waals surface area contributed by atoms with Crippen molar-refractivity contribution in [2.45, 2.75) is 12.2 Å². The molecule has 1 aliphatic heterocycles. The maximum Gasteiger partial charge on any atom is 0.343 e. The van der Waals surface area contributed by atoms with E-state index in [0.717, 1.165) is 30.2 Å². The molecule has 0 aliphatic carbocycles. The molecule has 1 aliphatic rings. The van der Waals surface area contributed by atoms with E-state index in [0.29, 0.717) is 10.3 Å². The number of rotatable bonds is 3. The van der Waals surface area contributed by atoms with Crippen molar-refractivity contribution in [1.29, 1.82) is 0 Å². The van der Waals surface area contributed by atoms with E-state index in [1.807, 2.05) is 11.8 Å². The summed E-state index contributed by atoms with van der Waals surface area (Å²) in [6.45, 7) is 3.73. The summed E-state index contributed by atoms with van der Waals surface area (Å²) in [7, 11) is 1.29. The van der Waals surface area contributed by atoms with Gasteiger partial charge < -0.3 is 21.1 Å². The van der Waals surface area contributed by atoms with E-state index in [1.165, 1.54) is 7.11 Å². The normalized spacial score (nSPS) is 18.9. The molecule has 4 N–H and O–H groups in total. The van der Waals surface area contributed by atoms with Gasteiger partial charge in [-0.15, -0.1) is 11.3 Å². The van der Waals surface area contributed by atoms with Gasteiger partial charge in [-0.2, -0.15) is 11.8 Å². The summed E-state index contributed by atoms with van der Waals surface area (Å²) >= 11 is 3.04. The van der Waals surface area contributed by atoms with Crippen molar-refractivity contribution in [2.24, 2.45) is 5.73 Å². The van der Waals surface area contributed by atoms with Gasteiger partial charge in [0.1, 0.15) is 15.4 Å². The molecule has 1 fully saturated rings. The van der Waals surface area contributed by atoms with E-state index in [9.17, 15) is 9.59 Å². The van der Waals surface area contributed by atoms with Crippen molar-refractivity contribution in [3.8, 4) is 0 Å². The molecule has 0 saturated carbocycles. The largest absolute Gasteiger partial charge is 0.465 e. The summed E-state index contributed by atoms with van der Waals surface area (Å²) in [6, 6.07) is 0. The zero-order chi connectivity index (χ0) is 14.9. The van der Waals surface area contributed by atoms with Crippen molar-refractivity contribution in [3.05, 3.63) is 10.4 Å². The lowest BCUT2D eigenvalue weighted by Crippen LogP contribution is -2.36. The van der Waals surface area contributed by atoms with Crippen LogP contribution in [0, 0.1) is 0 Å². The number of thiophene rings is 1. The molecule has 0 spiro atoms. The highest BCUT2D eigenvalue weighted by atomic mass is 32.2. The number of carbonyl (C=O) groups is 2. The third kappa shape index (κ3) is 2.71. The van der Waals surface area contributed by atoms with Crippen molar-refractivity contribution in [1.82, 2.24) is 0 Å².